The fourth-order valence-corrected chi connectivity index (χ4v) is 3.34. The summed E-state index contributed by atoms with van der Waals surface area (Å²) in [6.07, 6.45) is 1.61. The van der Waals surface area contributed by atoms with Gasteiger partial charge in [0.1, 0.15) is 6.61 Å². The molecule has 0 fully saturated rings. The largest absolute Gasteiger partial charge is 0.395 e. The van der Waals surface area contributed by atoms with E-state index in [1.165, 1.54) is 16.4 Å². The molecule has 1 rings (SSSR count). The Balaban J connectivity index is 3.09. The molecule has 1 aromatic carbocycles. The van der Waals surface area contributed by atoms with Crippen molar-refractivity contribution < 1.29 is 18.6 Å². The highest BCUT2D eigenvalue weighted by atomic mass is 32.2. The number of hydrogen-bond acceptors (Lipinski definition) is 4. The van der Waals surface area contributed by atoms with Gasteiger partial charge in [-0.25, -0.2) is 8.42 Å². The summed E-state index contributed by atoms with van der Waals surface area (Å²) in [5.74, 6) is 5.18. The lowest BCUT2D eigenvalue weighted by Crippen LogP contribution is -2.34. The van der Waals surface area contributed by atoms with Crippen LogP contribution in [0.2, 0.25) is 0 Å². The quantitative estimate of drug-likeness (QED) is 0.731. The standard InChI is InChI=1S/C15H21NO4S/c1-2-3-9-16(10-12-18)21(19,20)15-8-4-6-14(13-15)7-5-11-17/h4,6,8,13,17-18H,2-3,9-12H2,1H3. The molecule has 5 nitrogen and oxygen atoms in total. The van der Waals surface area contributed by atoms with Crippen LogP contribution < -0.4 is 0 Å². The molecule has 0 aromatic heterocycles. The predicted octanol–water partition coefficient (Wildman–Crippen LogP) is 0.814. The fraction of sp³-hybridized carbons (Fsp3) is 0.467. The first-order chi connectivity index (χ1) is 10.1. The van der Waals surface area contributed by atoms with Gasteiger partial charge in [-0.3, -0.25) is 0 Å². The zero-order valence-electron chi connectivity index (χ0n) is 12.1. The number of rotatable bonds is 7. The average Bonchev–Trinajstić information content (AvgIpc) is 2.49. The zero-order chi connectivity index (χ0) is 15.7. The van der Waals surface area contributed by atoms with E-state index in [4.69, 9.17) is 10.2 Å². The van der Waals surface area contributed by atoms with Gasteiger partial charge >= 0.3 is 0 Å². The van der Waals surface area contributed by atoms with Gasteiger partial charge in [0.25, 0.3) is 0 Å². The van der Waals surface area contributed by atoms with Gasteiger partial charge in [0, 0.05) is 18.7 Å². The number of benzene rings is 1. The third kappa shape index (κ3) is 5.14. The second-order valence-corrected chi connectivity index (χ2v) is 6.41. The highest BCUT2D eigenvalue weighted by molar-refractivity contribution is 7.89. The molecular formula is C15H21NO4S. The first-order valence-corrected chi connectivity index (χ1v) is 8.31. The Morgan fingerprint density at radius 3 is 2.62 bits per heavy atom. The lowest BCUT2D eigenvalue weighted by atomic mass is 10.2. The Morgan fingerprint density at radius 1 is 1.24 bits per heavy atom. The van der Waals surface area contributed by atoms with Crippen LogP contribution in [-0.2, 0) is 10.0 Å². The number of hydrogen-bond donors (Lipinski definition) is 2. The van der Waals surface area contributed by atoms with Crippen LogP contribution in [0.5, 0.6) is 0 Å². The summed E-state index contributed by atoms with van der Waals surface area (Å²) in [4.78, 5) is 0.150. The molecule has 0 aliphatic heterocycles. The summed E-state index contributed by atoms with van der Waals surface area (Å²) >= 11 is 0. The van der Waals surface area contributed by atoms with Crippen molar-refractivity contribution in [3.63, 3.8) is 0 Å². The Bertz CT molecular complexity index is 602. The van der Waals surface area contributed by atoms with Gasteiger partial charge in [0.15, 0.2) is 0 Å². The van der Waals surface area contributed by atoms with Crippen LogP contribution in [0.15, 0.2) is 29.2 Å². The topological polar surface area (TPSA) is 77.8 Å². The van der Waals surface area contributed by atoms with Gasteiger partial charge in [0.05, 0.1) is 11.5 Å². The van der Waals surface area contributed by atoms with Gasteiger partial charge < -0.3 is 10.2 Å². The monoisotopic (exact) mass is 311 g/mol. The van der Waals surface area contributed by atoms with Gasteiger partial charge in [-0.1, -0.05) is 31.3 Å². The maximum Gasteiger partial charge on any atom is 0.243 e. The average molecular weight is 311 g/mol. The molecule has 0 bridgehead atoms. The Labute approximate surface area is 126 Å². The van der Waals surface area contributed by atoms with Crippen molar-refractivity contribution in [2.75, 3.05) is 26.3 Å². The minimum Gasteiger partial charge on any atom is -0.395 e. The number of aliphatic hydroxyl groups excluding tert-OH is 2. The van der Waals surface area contributed by atoms with E-state index in [2.05, 4.69) is 11.8 Å². The van der Waals surface area contributed by atoms with Crippen LogP contribution in [0, 0.1) is 11.8 Å². The molecule has 0 atom stereocenters. The van der Waals surface area contributed by atoms with E-state index in [1.807, 2.05) is 6.92 Å². The first-order valence-electron chi connectivity index (χ1n) is 6.87. The van der Waals surface area contributed by atoms with Crippen molar-refractivity contribution >= 4 is 10.0 Å². The van der Waals surface area contributed by atoms with Crippen molar-refractivity contribution in [2.45, 2.75) is 24.7 Å². The minimum absolute atomic E-state index is 0.0783. The molecule has 0 saturated heterocycles. The van der Waals surface area contributed by atoms with E-state index in [0.29, 0.717) is 12.1 Å². The predicted molar refractivity (Wildman–Crippen MR) is 81.2 cm³/mol. The Morgan fingerprint density at radius 2 is 2.00 bits per heavy atom. The van der Waals surface area contributed by atoms with Crippen LogP contribution in [-0.4, -0.2) is 49.2 Å². The second kappa shape index (κ2) is 8.80. The molecule has 0 aliphatic rings. The SMILES string of the molecule is CCCCN(CCO)S(=O)(=O)c1cccc(C#CCO)c1. The summed E-state index contributed by atoms with van der Waals surface area (Å²) in [5, 5.41) is 17.7. The lowest BCUT2D eigenvalue weighted by molar-refractivity contribution is 0.252. The van der Waals surface area contributed by atoms with Crippen molar-refractivity contribution in [1.82, 2.24) is 4.31 Å². The summed E-state index contributed by atoms with van der Waals surface area (Å²) in [7, 11) is -3.64. The maximum atomic E-state index is 12.6. The second-order valence-electron chi connectivity index (χ2n) is 4.47. The molecule has 21 heavy (non-hydrogen) atoms. The number of aliphatic hydroxyl groups is 2. The first kappa shape index (κ1) is 17.7. The van der Waals surface area contributed by atoms with Crippen LogP contribution >= 0.6 is 0 Å². The molecule has 0 aliphatic carbocycles. The van der Waals surface area contributed by atoms with E-state index in [0.717, 1.165) is 12.8 Å². The number of unbranched alkanes of at least 4 members (excludes halogenated alkanes) is 1. The van der Waals surface area contributed by atoms with Crippen LogP contribution in [0.4, 0.5) is 0 Å². The highest BCUT2D eigenvalue weighted by Crippen LogP contribution is 2.17. The van der Waals surface area contributed by atoms with Gasteiger partial charge in [-0.15, -0.1) is 0 Å². The minimum atomic E-state index is -3.64. The number of sulfonamides is 1. The molecule has 0 spiro atoms. The van der Waals surface area contributed by atoms with E-state index in [1.54, 1.807) is 12.1 Å². The molecule has 6 heteroatoms. The molecule has 0 saturated carbocycles. The highest BCUT2D eigenvalue weighted by Gasteiger charge is 2.23. The van der Waals surface area contributed by atoms with E-state index in [-0.39, 0.29) is 24.7 Å². The zero-order valence-corrected chi connectivity index (χ0v) is 12.9. The molecule has 1 aromatic rings. The molecule has 116 valence electrons. The van der Waals surface area contributed by atoms with Gasteiger partial charge in [-0.2, -0.15) is 4.31 Å². The third-order valence-corrected chi connectivity index (χ3v) is 4.79. The van der Waals surface area contributed by atoms with Gasteiger partial charge in [0.2, 0.25) is 10.0 Å². The normalized spacial score (nSPS) is 11.2. The van der Waals surface area contributed by atoms with Gasteiger partial charge in [-0.05, 0) is 24.6 Å². The molecule has 0 heterocycles. The summed E-state index contributed by atoms with van der Waals surface area (Å²) in [6, 6.07) is 6.29. The van der Waals surface area contributed by atoms with Crippen molar-refractivity contribution in [1.29, 1.82) is 0 Å². The molecule has 0 radical (unpaired) electrons. The molecule has 0 amide bonds. The molecular weight excluding hydrogens is 290 g/mol. The van der Waals surface area contributed by atoms with E-state index >= 15 is 0 Å². The van der Waals surface area contributed by atoms with Crippen LogP contribution in [0.25, 0.3) is 0 Å². The summed E-state index contributed by atoms with van der Waals surface area (Å²) in [5.41, 5.74) is 0.532. The maximum absolute atomic E-state index is 12.6. The summed E-state index contributed by atoms with van der Waals surface area (Å²) in [6.45, 7) is 1.95. The van der Waals surface area contributed by atoms with Crippen LogP contribution in [0.3, 0.4) is 0 Å². The molecule has 0 unspecified atom stereocenters. The Kier molecular flexibility index (Phi) is 7.40. The fourth-order valence-electron chi connectivity index (χ4n) is 1.82. The lowest BCUT2D eigenvalue weighted by Gasteiger charge is -2.21. The van der Waals surface area contributed by atoms with Crippen molar-refractivity contribution in [2.24, 2.45) is 0 Å². The van der Waals surface area contributed by atoms with E-state index in [9.17, 15) is 8.42 Å². The number of nitrogens with zero attached hydrogens (tertiary/aromatic N) is 1. The summed E-state index contributed by atoms with van der Waals surface area (Å²) < 4.78 is 26.4. The smallest absolute Gasteiger partial charge is 0.243 e. The Hall–Kier alpha value is -1.39. The van der Waals surface area contributed by atoms with E-state index < -0.39 is 10.0 Å². The van der Waals surface area contributed by atoms with Crippen LogP contribution in [0.1, 0.15) is 25.3 Å². The van der Waals surface area contributed by atoms with Crippen molar-refractivity contribution in [3.8, 4) is 11.8 Å². The van der Waals surface area contributed by atoms with Crippen molar-refractivity contribution in [3.05, 3.63) is 29.8 Å². The molecule has 2 N–H and O–H groups in total. The third-order valence-electron chi connectivity index (χ3n) is 2.89.